The van der Waals surface area contributed by atoms with E-state index in [-0.39, 0.29) is 24.0 Å². The maximum atomic E-state index is 11.8. The monoisotopic (exact) mass is 363 g/mol. The molecule has 142 valence electrons. The van der Waals surface area contributed by atoms with Gasteiger partial charge in [0.25, 0.3) is 5.69 Å². The Morgan fingerprint density at radius 3 is 2.54 bits per heavy atom. The van der Waals surface area contributed by atoms with Crippen molar-refractivity contribution in [2.24, 2.45) is 5.10 Å². The second-order valence-electron chi connectivity index (χ2n) is 6.19. The van der Waals surface area contributed by atoms with E-state index in [4.69, 9.17) is 9.47 Å². The van der Waals surface area contributed by atoms with Gasteiger partial charge < -0.3 is 9.47 Å². The van der Waals surface area contributed by atoms with Crippen molar-refractivity contribution in [1.29, 1.82) is 0 Å². The van der Waals surface area contributed by atoms with Crippen LogP contribution in [0.5, 0.6) is 11.5 Å². The van der Waals surface area contributed by atoms with Crippen LogP contribution in [0, 0.1) is 10.1 Å². The van der Waals surface area contributed by atoms with Crippen LogP contribution in [0.15, 0.2) is 17.2 Å². The molecule has 26 heavy (non-hydrogen) atoms. The summed E-state index contributed by atoms with van der Waals surface area (Å²) in [5.41, 5.74) is 2.50. The van der Waals surface area contributed by atoms with Crippen LogP contribution in [0.3, 0.4) is 0 Å². The number of nitrogens with one attached hydrogen (secondary N) is 1. The molecule has 0 spiro atoms. The number of carbonyl (C=O) groups excluding carboxylic acids is 1. The zero-order chi connectivity index (χ0) is 18.8. The second kappa shape index (κ2) is 10.4. The van der Waals surface area contributed by atoms with Crippen LogP contribution < -0.4 is 14.9 Å². The van der Waals surface area contributed by atoms with Crippen LogP contribution >= 0.6 is 0 Å². The number of rotatable bonds is 11. The molecule has 0 unspecified atom stereocenters. The number of nitro benzene ring substituents is 1. The average Bonchev–Trinajstić information content (AvgIpc) is 3.07. The Morgan fingerprint density at radius 2 is 1.85 bits per heavy atom. The lowest BCUT2D eigenvalue weighted by Crippen LogP contribution is -2.17. The van der Waals surface area contributed by atoms with E-state index in [0.29, 0.717) is 17.9 Å². The molecule has 1 aromatic rings. The highest BCUT2D eigenvalue weighted by molar-refractivity contribution is 5.88. The largest absolute Gasteiger partial charge is 0.454 e. The van der Waals surface area contributed by atoms with Gasteiger partial charge in [-0.1, -0.05) is 45.4 Å². The molecule has 1 heterocycles. The van der Waals surface area contributed by atoms with Gasteiger partial charge in [-0.15, -0.1) is 0 Å². The van der Waals surface area contributed by atoms with E-state index in [9.17, 15) is 14.9 Å². The molecule has 1 aliphatic heterocycles. The summed E-state index contributed by atoms with van der Waals surface area (Å²) < 4.78 is 10.3. The summed E-state index contributed by atoms with van der Waals surface area (Å²) >= 11 is 0. The fourth-order valence-corrected chi connectivity index (χ4v) is 2.68. The highest BCUT2D eigenvalue weighted by atomic mass is 16.7. The number of hydrogen-bond donors (Lipinski definition) is 1. The van der Waals surface area contributed by atoms with Crippen molar-refractivity contribution in [2.75, 3.05) is 6.79 Å². The number of nitro groups is 1. The molecule has 0 aromatic heterocycles. The Balaban J connectivity index is 1.77. The molecule has 0 fully saturated rings. The number of amides is 1. The summed E-state index contributed by atoms with van der Waals surface area (Å²) in [5.74, 6) is 0.557. The first-order chi connectivity index (χ1) is 12.6. The molecular weight excluding hydrogens is 338 g/mol. The van der Waals surface area contributed by atoms with Gasteiger partial charge in [-0.05, 0) is 12.5 Å². The van der Waals surface area contributed by atoms with Gasteiger partial charge in [0.05, 0.1) is 22.8 Å². The number of carbonyl (C=O) groups is 1. The molecule has 8 nitrogen and oxygen atoms in total. The zero-order valence-electron chi connectivity index (χ0n) is 15.0. The summed E-state index contributed by atoms with van der Waals surface area (Å²) in [6.07, 6.45) is 9.58. The van der Waals surface area contributed by atoms with Gasteiger partial charge in [0.15, 0.2) is 11.5 Å². The van der Waals surface area contributed by atoms with Crippen LogP contribution in [0.4, 0.5) is 5.69 Å². The molecule has 1 aliphatic rings. The first-order valence-corrected chi connectivity index (χ1v) is 9.01. The van der Waals surface area contributed by atoms with Crippen molar-refractivity contribution >= 4 is 17.8 Å². The van der Waals surface area contributed by atoms with Gasteiger partial charge in [0.1, 0.15) is 0 Å². The molecule has 0 atom stereocenters. The van der Waals surface area contributed by atoms with Crippen molar-refractivity contribution in [1.82, 2.24) is 5.43 Å². The molecule has 0 saturated heterocycles. The smallest absolute Gasteiger partial charge is 0.282 e. The van der Waals surface area contributed by atoms with Crippen molar-refractivity contribution in [2.45, 2.75) is 58.3 Å². The Morgan fingerprint density at radius 1 is 1.19 bits per heavy atom. The Hall–Kier alpha value is -2.64. The number of nitrogens with zero attached hydrogens (tertiary/aromatic N) is 2. The predicted molar refractivity (Wildman–Crippen MR) is 97.6 cm³/mol. The minimum Gasteiger partial charge on any atom is -0.454 e. The number of hydrogen-bond acceptors (Lipinski definition) is 6. The number of unbranched alkanes of at least 4 members (excludes halogenated alkanes) is 6. The van der Waals surface area contributed by atoms with Gasteiger partial charge in [0, 0.05) is 6.42 Å². The first kappa shape index (κ1) is 19.7. The van der Waals surface area contributed by atoms with Crippen molar-refractivity contribution in [3.63, 3.8) is 0 Å². The van der Waals surface area contributed by atoms with E-state index in [1.54, 1.807) is 0 Å². The minimum atomic E-state index is -0.524. The Bertz CT molecular complexity index is 660. The number of fused-ring (bicyclic) bond motifs is 1. The van der Waals surface area contributed by atoms with E-state index in [1.165, 1.54) is 44.0 Å². The fraction of sp³-hybridized carbons (Fsp3) is 0.556. The molecule has 2 rings (SSSR count). The minimum absolute atomic E-state index is 0.0300. The van der Waals surface area contributed by atoms with Gasteiger partial charge in [-0.2, -0.15) is 5.10 Å². The molecule has 1 aromatic carbocycles. The molecule has 0 saturated carbocycles. The number of hydrazone groups is 1. The first-order valence-electron chi connectivity index (χ1n) is 9.01. The van der Waals surface area contributed by atoms with E-state index < -0.39 is 4.92 Å². The molecule has 8 heteroatoms. The van der Waals surface area contributed by atoms with Gasteiger partial charge in [-0.25, -0.2) is 5.43 Å². The third-order valence-corrected chi connectivity index (χ3v) is 4.12. The standard InChI is InChI=1S/C18H25N3O5/c1-2-3-4-5-6-7-8-9-18(22)20-19-12-14-10-16-17(26-13-25-16)11-15(14)21(23)24/h10-12H,2-9,13H2,1H3,(H,20,22)/b19-12+. The van der Waals surface area contributed by atoms with E-state index >= 15 is 0 Å². The van der Waals surface area contributed by atoms with Crippen LogP contribution in [0.2, 0.25) is 0 Å². The van der Waals surface area contributed by atoms with E-state index in [0.717, 1.165) is 19.3 Å². The van der Waals surface area contributed by atoms with Gasteiger partial charge in [0.2, 0.25) is 12.7 Å². The number of ether oxygens (including phenoxy) is 2. The topological polar surface area (TPSA) is 103 Å². The average molecular weight is 363 g/mol. The summed E-state index contributed by atoms with van der Waals surface area (Å²) in [7, 11) is 0. The van der Waals surface area contributed by atoms with Crippen molar-refractivity contribution in [3.8, 4) is 11.5 Å². The number of benzene rings is 1. The fourth-order valence-electron chi connectivity index (χ4n) is 2.68. The van der Waals surface area contributed by atoms with Crippen LogP contribution in [0.25, 0.3) is 0 Å². The summed E-state index contributed by atoms with van der Waals surface area (Å²) in [6, 6.07) is 2.77. The molecule has 0 aliphatic carbocycles. The zero-order valence-corrected chi connectivity index (χ0v) is 15.0. The summed E-state index contributed by atoms with van der Waals surface area (Å²) in [5, 5.41) is 15.0. The summed E-state index contributed by atoms with van der Waals surface area (Å²) in [6.45, 7) is 2.21. The van der Waals surface area contributed by atoms with E-state index in [1.807, 2.05) is 0 Å². The third kappa shape index (κ3) is 6.02. The highest BCUT2D eigenvalue weighted by Crippen LogP contribution is 2.37. The molecular formula is C18H25N3O5. The molecule has 1 amide bonds. The lowest BCUT2D eigenvalue weighted by Gasteiger charge is -2.02. The van der Waals surface area contributed by atoms with Gasteiger partial charge in [-0.3, -0.25) is 14.9 Å². The van der Waals surface area contributed by atoms with Crippen molar-refractivity contribution in [3.05, 3.63) is 27.8 Å². The Labute approximate surface area is 152 Å². The molecule has 1 N–H and O–H groups in total. The maximum Gasteiger partial charge on any atom is 0.282 e. The van der Waals surface area contributed by atoms with Crippen LogP contribution in [-0.4, -0.2) is 23.8 Å². The second-order valence-corrected chi connectivity index (χ2v) is 6.19. The van der Waals surface area contributed by atoms with Crippen LogP contribution in [0.1, 0.15) is 63.9 Å². The normalized spacial score (nSPS) is 12.5. The lowest BCUT2D eigenvalue weighted by molar-refractivity contribution is -0.385. The lowest BCUT2D eigenvalue weighted by atomic mass is 10.1. The van der Waals surface area contributed by atoms with Crippen molar-refractivity contribution < 1.29 is 19.2 Å². The van der Waals surface area contributed by atoms with Crippen LogP contribution in [-0.2, 0) is 4.79 Å². The summed E-state index contributed by atoms with van der Waals surface area (Å²) in [4.78, 5) is 22.4. The molecule has 0 bridgehead atoms. The highest BCUT2D eigenvalue weighted by Gasteiger charge is 2.22. The Kier molecular flexibility index (Phi) is 7.85. The predicted octanol–water partition coefficient (Wildman–Crippen LogP) is 3.91. The molecule has 0 radical (unpaired) electrons. The third-order valence-electron chi connectivity index (χ3n) is 4.12. The quantitative estimate of drug-likeness (QED) is 0.278. The van der Waals surface area contributed by atoms with E-state index in [2.05, 4.69) is 17.5 Å². The maximum absolute atomic E-state index is 11.8. The SMILES string of the molecule is CCCCCCCCCC(=O)N/N=C/c1cc2c(cc1[N+](=O)[O-])OCO2. The van der Waals surface area contributed by atoms with Gasteiger partial charge >= 0.3 is 0 Å².